The Morgan fingerprint density at radius 2 is 1.86 bits per heavy atom. The molecule has 0 aromatic heterocycles. The highest BCUT2D eigenvalue weighted by molar-refractivity contribution is 6.76. The Balaban J connectivity index is 1.96. The van der Waals surface area contributed by atoms with Crippen LogP contribution in [0.5, 0.6) is 5.75 Å². The summed E-state index contributed by atoms with van der Waals surface area (Å²) in [5.74, 6) is 1.26. The Labute approximate surface area is 135 Å². The fourth-order valence-corrected chi connectivity index (χ4v) is 5.96. The highest BCUT2D eigenvalue weighted by Crippen LogP contribution is 2.59. The van der Waals surface area contributed by atoms with E-state index in [0.717, 1.165) is 37.2 Å². The van der Waals surface area contributed by atoms with Crippen LogP contribution in [0.3, 0.4) is 0 Å². The Hall–Kier alpha value is -0.803. The van der Waals surface area contributed by atoms with Crippen LogP contribution in [-0.4, -0.2) is 19.8 Å². The molecular weight excluding hydrogens is 288 g/mol. The standard InChI is InChI=1S/C19H30O2Si/c1-22(2,3)14-16-15-10-9-11-17-18(15)19(16,20)12-7-5-4-6-8-13-21-17/h9-11,16,20H,4-8,12-14H2,1-3H3/t16-,19+/m0/s1. The molecule has 1 heterocycles. The molecule has 1 aliphatic heterocycles. The van der Waals surface area contributed by atoms with E-state index in [-0.39, 0.29) is 0 Å². The predicted molar refractivity (Wildman–Crippen MR) is 94.4 cm³/mol. The molecule has 2 nitrogen and oxygen atoms in total. The van der Waals surface area contributed by atoms with Gasteiger partial charge in [0.1, 0.15) is 11.4 Å². The third-order valence-corrected chi connectivity index (χ3v) is 6.85. The molecule has 3 rings (SSSR count). The zero-order valence-corrected chi connectivity index (χ0v) is 15.3. The van der Waals surface area contributed by atoms with E-state index < -0.39 is 13.7 Å². The van der Waals surface area contributed by atoms with Gasteiger partial charge in [-0.3, -0.25) is 0 Å². The zero-order valence-electron chi connectivity index (χ0n) is 14.3. The van der Waals surface area contributed by atoms with Crippen molar-refractivity contribution in [2.24, 2.45) is 0 Å². The van der Waals surface area contributed by atoms with Crippen LogP contribution in [0.15, 0.2) is 18.2 Å². The number of aliphatic hydroxyl groups is 1. The minimum Gasteiger partial charge on any atom is -0.493 e. The Morgan fingerprint density at radius 1 is 1.14 bits per heavy atom. The molecule has 1 aliphatic carbocycles. The van der Waals surface area contributed by atoms with Crippen molar-refractivity contribution in [3.8, 4) is 5.75 Å². The fourth-order valence-electron chi connectivity index (χ4n) is 4.18. The van der Waals surface area contributed by atoms with Crippen molar-refractivity contribution in [1.29, 1.82) is 0 Å². The van der Waals surface area contributed by atoms with Gasteiger partial charge in [0, 0.05) is 19.6 Å². The summed E-state index contributed by atoms with van der Waals surface area (Å²) in [5, 5.41) is 11.5. The molecule has 0 bridgehead atoms. The van der Waals surface area contributed by atoms with E-state index in [1.165, 1.54) is 30.9 Å². The van der Waals surface area contributed by atoms with Gasteiger partial charge in [0.25, 0.3) is 0 Å². The maximum absolute atomic E-state index is 11.5. The SMILES string of the molecule is C[Si](C)(C)C[C@H]1c2cccc3c2[C@@]1(O)CCCCCCCO3. The molecule has 0 saturated heterocycles. The number of benzene rings is 1. The second-order valence-electron chi connectivity index (χ2n) is 8.33. The topological polar surface area (TPSA) is 29.5 Å². The molecule has 1 N–H and O–H groups in total. The van der Waals surface area contributed by atoms with Gasteiger partial charge >= 0.3 is 0 Å². The number of ether oxygens (including phenoxy) is 1. The van der Waals surface area contributed by atoms with Crippen LogP contribution in [-0.2, 0) is 5.60 Å². The number of hydrogen-bond acceptors (Lipinski definition) is 2. The first-order valence-electron chi connectivity index (χ1n) is 8.90. The van der Waals surface area contributed by atoms with Crippen molar-refractivity contribution in [2.75, 3.05) is 6.61 Å². The molecule has 0 radical (unpaired) electrons. The molecule has 2 atom stereocenters. The highest BCUT2D eigenvalue weighted by atomic mass is 28.3. The first-order chi connectivity index (χ1) is 10.4. The van der Waals surface area contributed by atoms with Crippen LogP contribution in [0.1, 0.15) is 55.6 Å². The molecule has 0 fully saturated rings. The van der Waals surface area contributed by atoms with Crippen molar-refractivity contribution in [2.45, 2.75) is 75.7 Å². The van der Waals surface area contributed by atoms with Crippen LogP contribution in [0.25, 0.3) is 0 Å². The summed E-state index contributed by atoms with van der Waals surface area (Å²) in [5.41, 5.74) is 1.82. The molecule has 0 saturated carbocycles. The van der Waals surface area contributed by atoms with Gasteiger partial charge in [-0.2, -0.15) is 0 Å². The smallest absolute Gasteiger partial charge is 0.125 e. The van der Waals surface area contributed by atoms with Crippen LogP contribution >= 0.6 is 0 Å². The van der Waals surface area contributed by atoms with Crippen molar-refractivity contribution < 1.29 is 9.84 Å². The lowest BCUT2D eigenvalue weighted by molar-refractivity contribution is -0.0279. The fraction of sp³-hybridized carbons (Fsp3) is 0.684. The molecule has 0 amide bonds. The molecule has 122 valence electrons. The zero-order chi connectivity index (χ0) is 15.8. The molecule has 0 unspecified atom stereocenters. The summed E-state index contributed by atoms with van der Waals surface area (Å²) in [7, 11) is -1.22. The van der Waals surface area contributed by atoms with E-state index in [4.69, 9.17) is 4.74 Å². The minimum atomic E-state index is -1.22. The summed E-state index contributed by atoms with van der Waals surface area (Å²) in [6.45, 7) is 7.99. The van der Waals surface area contributed by atoms with E-state index >= 15 is 0 Å². The summed E-state index contributed by atoms with van der Waals surface area (Å²) >= 11 is 0. The second-order valence-corrected chi connectivity index (χ2v) is 13.9. The summed E-state index contributed by atoms with van der Waals surface area (Å²) < 4.78 is 6.03. The molecule has 2 aliphatic rings. The lowest BCUT2D eigenvalue weighted by Gasteiger charge is -2.50. The van der Waals surface area contributed by atoms with Crippen LogP contribution in [0.4, 0.5) is 0 Å². The van der Waals surface area contributed by atoms with Gasteiger partial charge in [0.05, 0.1) is 6.61 Å². The van der Waals surface area contributed by atoms with Crippen LogP contribution < -0.4 is 4.74 Å². The Kier molecular flexibility index (Phi) is 4.39. The Bertz CT molecular complexity index is 535. The van der Waals surface area contributed by atoms with Gasteiger partial charge in [-0.05, 0) is 30.5 Å². The first kappa shape index (κ1) is 16.1. The van der Waals surface area contributed by atoms with Crippen molar-refractivity contribution in [3.05, 3.63) is 29.3 Å². The molecule has 1 aromatic carbocycles. The van der Waals surface area contributed by atoms with E-state index in [9.17, 15) is 5.11 Å². The number of rotatable bonds is 2. The van der Waals surface area contributed by atoms with Gasteiger partial charge in [0.2, 0.25) is 0 Å². The van der Waals surface area contributed by atoms with E-state index in [1.807, 2.05) is 6.07 Å². The highest BCUT2D eigenvalue weighted by Gasteiger charge is 2.52. The lowest BCUT2D eigenvalue weighted by atomic mass is 9.62. The van der Waals surface area contributed by atoms with Crippen molar-refractivity contribution in [1.82, 2.24) is 0 Å². The van der Waals surface area contributed by atoms with Crippen molar-refractivity contribution >= 4 is 8.07 Å². The molecular formula is C19H30O2Si. The average molecular weight is 319 g/mol. The normalized spacial score (nSPS) is 28.8. The van der Waals surface area contributed by atoms with Crippen molar-refractivity contribution in [3.63, 3.8) is 0 Å². The van der Waals surface area contributed by atoms with Crippen LogP contribution in [0.2, 0.25) is 25.7 Å². The lowest BCUT2D eigenvalue weighted by Crippen LogP contribution is -2.46. The van der Waals surface area contributed by atoms with Gasteiger partial charge in [-0.15, -0.1) is 0 Å². The monoisotopic (exact) mass is 318 g/mol. The van der Waals surface area contributed by atoms with E-state index in [2.05, 4.69) is 31.8 Å². The summed E-state index contributed by atoms with van der Waals surface area (Å²) in [4.78, 5) is 0. The second kappa shape index (κ2) is 6.01. The van der Waals surface area contributed by atoms with E-state index in [1.54, 1.807) is 0 Å². The third kappa shape index (κ3) is 2.98. The molecule has 0 spiro atoms. The minimum absolute atomic E-state index is 0.318. The number of hydrogen-bond donors (Lipinski definition) is 1. The Morgan fingerprint density at radius 3 is 2.64 bits per heavy atom. The van der Waals surface area contributed by atoms with Gasteiger partial charge in [-0.25, -0.2) is 0 Å². The summed E-state index contributed by atoms with van der Waals surface area (Å²) in [6.07, 6.45) is 6.90. The molecule has 3 heteroatoms. The van der Waals surface area contributed by atoms with Gasteiger partial charge in [-0.1, -0.05) is 57.5 Å². The average Bonchev–Trinajstić information content (AvgIpc) is 2.49. The molecule has 22 heavy (non-hydrogen) atoms. The summed E-state index contributed by atoms with van der Waals surface area (Å²) in [6, 6.07) is 7.53. The third-order valence-electron chi connectivity index (χ3n) is 5.22. The van der Waals surface area contributed by atoms with E-state index in [0.29, 0.717) is 5.92 Å². The first-order valence-corrected chi connectivity index (χ1v) is 12.6. The maximum atomic E-state index is 11.5. The molecule has 1 aromatic rings. The predicted octanol–water partition coefficient (Wildman–Crippen LogP) is 5.04. The van der Waals surface area contributed by atoms with Crippen LogP contribution in [0, 0.1) is 0 Å². The van der Waals surface area contributed by atoms with Gasteiger partial charge in [0.15, 0.2) is 0 Å². The van der Waals surface area contributed by atoms with Gasteiger partial charge < -0.3 is 9.84 Å². The maximum Gasteiger partial charge on any atom is 0.125 e. The largest absolute Gasteiger partial charge is 0.493 e. The quantitative estimate of drug-likeness (QED) is 0.774.